The van der Waals surface area contributed by atoms with Crippen molar-refractivity contribution in [1.82, 2.24) is 10.2 Å². The number of imide groups is 1. The average Bonchev–Trinajstić information content (AvgIpc) is 2.20. The van der Waals surface area contributed by atoms with E-state index in [0.29, 0.717) is 6.42 Å². The number of rotatable bonds is 3. The molecule has 0 saturated carbocycles. The Kier molecular flexibility index (Phi) is 4.71. The van der Waals surface area contributed by atoms with Crippen LogP contribution in [0.4, 0.5) is 0 Å². The highest BCUT2D eigenvalue weighted by Crippen LogP contribution is 2.26. The largest absolute Gasteiger partial charge is 0.322 e. The summed E-state index contributed by atoms with van der Waals surface area (Å²) >= 11 is 0. The van der Waals surface area contributed by atoms with Gasteiger partial charge in [-0.05, 0) is 24.7 Å². The maximum Gasteiger partial charge on any atom is 0.249 e. The Bertz CT molecular complexity index is 385. The number of piperazine rings is 1. The molecule has 1 heterocycles. The van der Waals surface area contributed by atoms with Crippen molar-refractivity contribution in [3.63, 3.8) is 0 Å². The molecule has 19 heavy (non-hydrogen) atoms. The fraction of sp³-hybridized carbons (Fsp3) is 0.786. The van der Waals surface area contributed by atoms with Gasteiger partial charge in [-0.1, -0.05) is 27.7 Å². The second-order valence-electron chi connectivity index (χ2n) is 6.68. The van der Waals surface area contributed by atoms with Crippen LogP contribution in [0.25, 0.3) is 0 Å². The van der Waals surface area contributed by atoms with Crippen LogP contribution in [-0.4, -0.2) is 35.2 Å². The van der Waals surface area contributed by atoms with Crippen molar-refractivity contribution in [2.24, 2.45) is 11.3 Å². The highest BCUT2D eigenvalue weighted by molar-refractivity contribution is 6.04. The molecule has 2 unspecified atom stereocenters. The van der Waals surface area contributed by atoms with Crippen LogP contribution in [0.1, 0.15) is 47.5 Å². The van der Waals surface area contributed by atoms with Crippen molar-refractivity contribution in [3.8, 4) is 0 Å². The quantitative estimate of drug-likeness (QED) is 0.785. The minimum Gasteiger partial charge on any atom is -0.322 e. The number of nitrogens with zero attached hydrogens (tertiary/aromatic N) is 1. The molecular formula is C14H24N2O3. The second-order valence-corrected chi connectivity index (χ2v) is 6.68. The molecule has 1 fully saturated rings. The molecule has 1 saturated heterocycles. The first-order valence-corrected chi connectivity index (χ1v) is 6.73. The third kappa shape index (κ3) is 4.65. The van der Waals surface area contributed by atoms with Gasteiger partial charge >= 0.3 is 0 Å². The Morgan fingerprint density at radius 1 is 1.42 bits per heavy atom. The summed E-state index contributed by atoms with van der Waals surface area (Å²) in [5.41, 5.74) is 0.167. The van der Waals surface area contributed by atoms with Gasteiger partial charge in [-0.2, -0.15) is 0 Å². The summed E-state index contributed by atoms with van der Waals surface area (Å²) in [6.07, 6.45) is 1.31. The van der Waals surface area contributed by atoms with Gasteiger partial charge in [0.1, 0.15) is 12.6 Å². The van der Waals surface area contributed by atoms with E-state index >= 15 is 0 Å². The number of carbonyl (C=O) groups is 3. The zero-order valence-corrected chi connectivity index (χ0v) is 12.4. The Labute approximate surface area is 114 Å². The van der Waals surface area contributed by atoms with Gasteiger partial charge in [0.15, 0.2) is 0 Å². The van der Waals surface area contributed by atoms with E-state index in [1.165, 1.54) is 4.90 Å². The van der Waals surface area contributed by atoms with Crippen LogP contribution in [0.2, 0.25) is 0 Å². The first-order chi connectivity index (χ1) is 8.60. The SMILES string of the molecule is CC(CC(=O)N1CC(=O)NC(=O)C1C)CC(C)(C)C. The number of nitrogens with one attached hydrogen (secondary N) is 1. The summed E-state index contributed by atoms with van der Waals surface area (Å²) in [5.74, 6) is -0.680. The Morgan fingerprint density at radius 2 is 2.00 bits per heavy atom. The predicted molar refractivity (Wildman–Crippen MR) is 72.2 cm³/mol. The Balaban J connectivity index is 2.62. The minimum absolute atomic E-state index is 0.0199. The zero-order valence-electron chi connectivity index (χ0n) is 12.4. The molecule has 0 bridgehead atoms. The van der Waals surface area contributed by atoms with Crippen molar-refractivity contribution in [2.75, 3.05) is 6.54 Å². The van der Waals surface area contributed by atoms with Gasteiger partial charge in [0.2, 0.25) is 17.7 Å². The molecule has 0 aliphatic carbocycles. The Hall–Kier alpha value is -1.39. The lowest BCUT2D eigenvalue weighted by atomic mass is 9.84. The van der Waals surface area contributed by atoms with Crippen LogP contribution in [0.5, 0.6) is 0 Å². The lowest BCUT2D eigenvalue weighted by Crippen LogP contribution is -2.58. The van der Waals surface area contributed by atoms with E-state index in [4.69, 9.17) is 0 Å². The molecule has 5 heteroatoms. The third-order valence-electron chi connectivity index (χ3n) is 3.23. The van der Waals surface area contributed by atoms with Crippen molar-refractivity contribution < 1.29 is 14.4 Å². The average molecular weight is 268 g/mol. The molecule has 1 aliphatic heterocycles. The topological polar surface area (TPSA) is 66.5 Å². The summed E-state index contributed by atoms with van der Waals surface area (Å²) in [7, 11) is 0. The van der Waals surface area contributed by atoms with Gasteiger partial charge < -0.3 is 4.90 Å². The van der Waals surface area contributed by atoms with Gasteiger partial charge in [0.05, 0.1) is 0 Å². The third-order valence-corrected chi connectivity index (χ3v) is 3.23. The normalized spacial score (nSPS) is 22.2. The summed E-state index contributed by atoms with van der Waals surface area (Å²) in [6, 6.07) is -0.563. The molecule has 0 aromatic rings. The van der Waals surface area contributed by atoms with Crippen molar-refractivity contribution >= 4 is 17.7 Å². The van der Waals surface area contributed by atoms with Gasteiger partial charge in [-0.15, -0.1) is 0 Å². The number of carbonyl (C=O) groups excluding carboxylic acids is 3. The summed E-state index contributed by atoms with van der Waals surface area (Å²) in [6.45, 7) is 10.1. The van der Waals surface area contributed by atoms with Crippen LogP contribution < -0.4 is 5.32 Å². The summed E-state index contributed by atoms with van der Waals surface area (Å²) in [4.78, 5) is 36.4. The van der Waals surface area contributed by atoms with E-state index in [1.807, 2.05) is 6.92 Å². The van der Waals surface area contributed by atoms with E-state index in [2.05, 4.69) is 26.1 Å². The lowest BCUT2D eigenvalue weighted by Gasteiger charge is -2.33. The van der Waals surface area contributed by atoms with E-state index < -0.39 is 17.9 Å². The second kappa shape index (κ2) is 5.72. The van der Waals surface area contributed by atoms with E-state index in [-0.39, 0.29) is 23.8 Å². The molecule has 2 atom stereocenters. The van der Waals surface area contributed by atoms with Gasteiger partial charge in [0, 0.05) is 6.42 Å². The van der Waals surface area contributed by atoms with E-state index in [1.54, 1.807) is 6.92 Å². The molecule has 0 aromatic carbocycles. The smallest absolute Gasteiger partial charge is 0.249 e. The summed E-state index contributed by atoms with van der Waals surface area (Å²) in [5, 5.41) is 2.23. The Morgan fingerprint density at radius 3 is 2.53 bits per heavy atom. The first kappa shape index (κ1) is 15.7. The first-order valence-electron chi connectivity index (χ1n) is 6.73. The fourth-order valence-electron chi connectivity index (χ4n) is 2.55. The van der Waals surface area contributed by atoms with E-state index in [0.717, 1.165) is 6.42 Å². The highest BCUT2D eigenvalue weighted by Gasteiger charge is 2.34. The molecule has 5 nitrogen and oxygen atoms in total. The van der Waals surface area contributed by atoms with Crippen LogP contribution in [0.3, 0.4) is 0 Å². The maximum absolute atomic E-state index is 12.2. The van der Waals surface area contributed by atoms with Crippen molar-refractivity contribution in [2.45, 2.75) is 53.5 Å². The standard InChI is InChI=1S/C14H24N2O3/c1-9(7-14(3,4)5)6-12(18)16-8-11(17)15-13(19)10(16)2/h9-10H,6-8H2,1-5H3,(H,15,17,19). The monoisotopic (exact) mass is 268 g/mol. The van der Waals surface area contributed by atoms with Crippen LogP contribution in [-0.2, 0) is 14.4 Å². The molecule has 1 rings (SSSR count). The van der Waals surface area contributed by atoms with Crippen LogP contribution >= 0.6 is 0 Å². The molecule has 0 aromatic heterocycles. The highest BCUT2D eigenvalue weighted by atomic mass is 16.2. The zero-order chi connectivity index (χ0) is 14.8. The molecule has 3 amide bonds. The summed E-state index contributed by atoms with van der Waals surface area (Å²) < 4.78 is 0. The van der Waals surface area contributed by atoms with Crippen molar-refractivity contribution in [3.05, 3.63) is 0 Å². The maximum atomic E-state index is 12.2. The lowest BCUT2D eigenvalue weighted by molar-refractivity contribution is -0.149. The molecule has 1 aliphatic rings. The minimum atomic E-state index is -0.563. The number of hydrogen-bond donors (Lipinski definition) is 1. The fourth-order valence-corrected chi connectivity index (χ4v) is 2.55. The van der Waals surface area contributed by atoms with E-state index in [9.17, 15) is 14.4 Å². The molecule has 0 spiro atoms. The number of amides is 3. The molecular weight excluding hydrogens is 244 g/mol. The van der Waals surface area contributed by atoms with Gasteiger partial charge in [0.25, 0.3) is 0 Å². The van der Waals surface area contributed by atoms with Crippen LogP contribution in [0, 0.1) is 11.3 Å². The number of hydrogen-bond acceptors (Lipinski definition) is 3. The molecule has 0 radical (unpaired) electrons. The van der Waals surface area contributed by atoms with Crippen LogP contribution in [0.15, 0.2) is 0 Å². The van der Waals surface area contributed by atoms with Gasteiger partial charge in [-0.25, -0.2) is 0 Å². The molecule has 1 N–H and O–H groups in total. The van der Waals surface area contributed by atoms with Crippen molar-refractivity contribution in [1.29, 1.82) is 0 Å². The van der Waals surface area contributed by atoms with Gasteiger partial charge in [-0.3, -0.25) is 19.7 Å². The predicted octanol–water partition coefficient (Wildman–Crippen LogP) is 1.32. The molecule has 108 valence electrons.